The Kier molecular flexibility index (Phi) is 3.53. The Morgan fingerprint density at radius 3 is 2.64 bits per heavy atom. The van der Waals surface area contributed by atoms with E-state index in [9.17, 15) is 14.0 Å². The van der Waals surface area contributed by atoms with Gasteiger partial charge in [-0.05, 0) is 18.6 Å². The lowest BCUT2D eigenvalue weighted by molar-refractivity contribution is -0.154. The highest BCUT2D eigenvalue weighted by atomic mass is 19.1. The molecule has 2 saturated heterocycles. The van der Waals surface area contributed by atoms with Gasteiger partial charge in [0.1, 0.15) is 12.1 Å². The van der Waals surface area contributed by atoms with E-state index in [2.05, 4.69) is 20.7 Å². The van der Waals surface area contributed by atoms with Crippen molar-refractivity contribution in [3.63, 3.8) is 0 Å². The quantitative estimate of drug-likeness (QED) is 0.802. The third kappa shape index (κ3) is 2.56. The highest BCUT2D eigenvalue weighted by Crippen LogP contribution is 2.27. The van der Waals surface area contributed by atoms with Gasteiger partial charge in [0.15, 0.2) is 11.6 Å². The van der Waals surface area contributed by atoms with Crippen molar-refractivity contribution in [1.82, 2.24) is 30.3 Å². The molecule has 1 atom stereocenters. The number of hydrogen-bond acceptors (Lipinski definition) is 5. The lowest BCUT2D eigenvalue weighted by Crippen LogP contribution is -2.79. The summed E-state index contributed by atoms with van der Waals surface area (Å²) in [5.74, 6) is -0.216. The number of nitrogens with one attached hydrogen (secondary N) is 2. The molecule has 2 N–H and O–H groups in total. The molecule has 130 valence electrons. The standard InChI is InChI=1S/C16H17FN6O2/c1-10(22-7-14(24)21-16(15(22)25)8-18-9-16)11-2-3-13(19-4-11)23-6-12(17)5-20-23/h2-6,10,18H,7-9H2,1H3,(H,21,24). The van der Waals surface area contributed by atoms with Gasteiger partial charge >= 0.3 is 0 Å². The van der Waals surface area contributed by atoms with Crippen LogP contribution in [0.25, 0.3) is 5.82 Å². The van der Waals surface area contributed by atoms with Gasteiger partial charge in [0.25, 0.3) is 5.91 Å². The van der Waals surface area contributed by atoms with Crippen LogP contribution in [0.15, 0.2) is 30.7 Å². The van der Waals surface area contributed by atoms with Crippen molar-refractivity contribution >= 4 is 11.8 Å². The van der Waals surface area contributed by atoms with Crippen molar-refractivity contribution in [2.75, 3.05) is 19.6 Å². The zero-order chi connectivity index (χ0) is 17.6. The molecule has 0 saturated carbocycles. The Balaban J connectivity index is 1.56. The molecule has 2 aromatic rings. The number of carbonyl (C=O) groups excluding carboxylic acids is 2. The number of piperazine rings is 1. The van der Waals surface area contributed by atoms with Gasteiger partial charge in [-0.25, -0.2) is 14.1 Å². The fourth-order valence-corrected chi connectivity index (χ4v) is 3.17. The Labute approximate surface area is 143 Å². The van der Waals surface area contributed by atoms with Gasteiger partial charge in [0, 0.05) is 19.3 Å². The van der Waals surface area contributed by atoms with E-state index in [1.54, 1.807) is 23.2 Å². The topological polar surface area (TPSA) is 92.2 Å². The summed E-state index contributed by atoms with van der Waals surface area (Å²) in [6.07, 6.45) is 3.96. The van der Waals surface area contributed by atoms with E-state index in [1.807, 2.05) is 6.92 Å². The fraction of sp³-hybridized carbons (Fsp3) is 0.375. The second-order valence-corrected chi connectivity index (χ2v) is 6.40. The van der Waals surface area contributed by atoms with Crippen molar-refractivity contribution in [2.45, 2.75) is 18.5 Å². The van der Waals surface area contributed by atoms with E-state index in [1.165, 1.54) is 10.9 Å². The van der Waals surface area contributed by atoms with Crippen LogP contribution >= 0.6 is 0 Å². The maximum absolute atomic E-state index is 13.1. The zero-order valence-corrected chi connectivity index (χ0v) is 13.6. The molecule has 0 aromatic carbocycles. The van der Waals surface area contributed by atoms with Crippen LogP contribution in [0.1, 0.15) is 18.5 Å². The molecular formula is C16H17FN6O2. The largest absolute Gasteiger partial charge is 0.338 e. The summed E-state index contributed by atoms with van der Waals surface area (Å²) in [6, 6.07) is 3.21. The number of rotatable bonds is 3. The van der Waals surface area contributed by atoms with Crippen LogP contribution in [0.5, 0.6) is 0 Å². The molecular weight excluding hydrogens is 327 g/mol. The predicted molar refractivity (Wildman–Crippen MR) is 85.2 cm³/mol. The molecule has 0 radical (unpaired) electrons. The average Bonchev–Trinajstić information content (AvgIpc) is 3.01. The molecule has 0 aliphatic carbocycles. The maximum atomic E-state index is 13.1. The zero-order valence-electron chi connectivity index (χ0n) is 13.6. The van der Waals surface area contributed by atoms with E-state index < -0.39 is 11.4 Å². The number of halogens is 1. The third-order valence-corrected chi connectivity index (χ3v) is 4.72. The third-order valence-electron chi connectivity index (χ3n) is 4.72. The lowest BCUT2D eigenvalue weighted by atomic mass is 9.87. The summed E-state index contributed by atoms with van der Waals surface area (Å²) in [5.41, 5.74) is -0.0225. The normalized spacial score (nSPS) is 20.3. The first-order valence-corrected chi connectivity index (χ1v) is 7.98. The summed E-state index contributed by atoms with van der Waals surface area (Å²) in [6.45, 7) is 2.78. The number of aromatic nitrogens is 3. The molecule has 2 aliphatic rings. The van der Waals surface area contributed by atoms with Gasteiger partial charge in [-0.2, -0.15) is 5.10 Å². The van der Waals surface area contributed by atoms with Crippen LogP contribution in [-0.4, -0.2) is 56.7 Å². The molecule has 9 heteroatoms. The second-order valence-electron chi connectivity index (χ2n) is 6.40. The molecule has 2 amide bonds. The summed E-state index contributed by atoms with van der Waals surface area (Å²) >= 11 is 0. The number of amides is 2. The minimum Gasteiger partial charge on any atom is -0.338 e. The van der Waals surface area contributed by atoms with Crippen molar-refractivity contribution in [3.8, 4) is 5.82 Å². The lowest BCUT2D eigenvalue weighted by Gasteiger charge is -2.49. The van der Waals surface area contributed by atoms with Crippen LogP contribution in [0.4, 0.5) is 4.39 Å². The number of carbonyl (C=O) groups is 2. The first kappa shape index (κ1) is 15.7. The van der Waals surface area contributed by atoms with Gasteiger partial charge < -0.3 is 15.5 Å². The van der Waals surface area contributed by atoms with Crippen LogP contribution in [0.3, 0.4) is 0 Å². The van der Waals surface area contributed by atoms with E-state index >= 15 is 0 Å². The predicted octanol–water partition coefficient (Wildman–Crippen LogP) is -0.232. The van der Waals surface area contributed by atoms with Crippen LogP contribution in [0.2, 0.25) is 0 Å². The highest BCUT2D eigenvalue weighted by Gasteiger charge is 2.52. The van der Waals surface area contributed by atoms with Gasteiger partial charge in [-0.1, -0.05) is 6.07 Å². The van der Waals surface area contributed by atoms with Crippen molar-refractivity contribution in [2.24, 2.45) is 0 Å². The number of hydrogen-bond donors (Lipinski definition) is 2. The summed E-state index contributed by atoms with van der Waals surface area (Å²) < 4.78 is 14.4. The fourth-order valence-electron chi connectivity index (χ4n) is 3.17. The Bertz CT molecular complexity index is 829. The van der Waals surface area contributed by atoms with Crippen LogP contribution in [0, 0.1) is 5.82 Å². The minimum absolute atomic E-state index is 0.0217. The van der Waals surface area contributed by atoms with Crippen molar-refractivity contribution in [3.05, 3.63) is 42.1 Å². The van der Waals surface area contributed by atoms with Crippen molar-refractivity contribution in [1.29, 1.82) is 0 Å². The maximum Gasteiger partial charge on any atom is 0.251 e. The van der Waals surface area contributed by atoms with E-state index in [0.29, 0.717) is 18.9 Å². The van der Waals surface area contributed by atoms with Gasteiger partial charge in [-0.15, -0.1) is 0 Å². The summed E-state index contributed by atoms with van der Waals surface area (Å²) in [4.78, 5) is 30.6. The van der Waals surface area contributed by atoms with Crippen molar-refractivity contribution < 1.29 is 14.0 Å². The van der Waals surface area contributed by atoms with E-state index in [0.717, 1.165) is 11.8 Å². The molecule has 2 fully saturated rings. The van der Waals surface area contributed by atoms with Gasteiger partial charge in [0.05, 0.1) is 18.4 Å². The molecule has 4 rings (SSSR count). The Morgan fingerprint density at radius 1 is 1.28 bits per heavy atom. The molecule has 0 bridgehead atoms. The SMILES string of the molecule is CC(c1ccc(-n2cc(F)cn2)nc1)N1CC(=O)NC2(CNC2)C1=O. The minimum atomic E-state index is -0.816. The molecule has 2 aliphatic heterocycles. The smallest absolute Gasteiger partial charge is 0.251 e. The molecule has 1 spiro atoms. The molecule has 8 nitrogen and oxygen atoms in total. The first-order chi connectivity index (χ1) is 12.0. The summed E-state index contributed by atoms with van der Waals surface area (Å²) in [7, 11) is 0. The van der Waals surface area contributed by atoms with E-state index in [-0.39, 0.29) is 24.4 Å². The Morgan fingerprint density at radius 2 is 2.08 bits per heavy atom. The van der Waals surface area contributed by atoms with E-state index in [4.69, 9.17) is 0 Å². The number of nitrogens with zero attached hydrogens (tertiary/aromatic N) is 4. The van der Waals surface area contributed by atoms with Gasteiger partial charge in [-0.3, -0.25) is 9.59 Å². The molecule has 25 heavy (non-hydrogen) atoms. The number of pyridine rings is 1. The van der Waals surface area contributed by atoms with Crippen LogP contribution < -0.4 is 10.6 Å². The second kappa shape index (κ2) is 5.62. The summed E-state index contributed by atoms with van der Waals surface area (Å²) in [5, 5.41) is 9.69. The average molecular weight is 344 g/mol. The molecule has 4 heterocycles. The Hall–Kier alpha value is -2.81. The van der Waals surface area contributed by atoms with Gasteiger partial charge in [0.2, 0.25) is 5.91 Å². The molecule has 2 aromatic heterocycles. The van der Waals surface area contributed by atoms with Crippen LogP contribution in [-0.2, 0) is 9.59 Å². The highest BCUT2D eigenvalue weighted by molar-refractivity contribution is 5.99. The first-order valence-electron chi connectivity index (χ1n) is 7.98. The monoisotopic (exact) mass is 344 g/mol. The molecule has 1 unspecified atom stereocenters.